The Hall–Kier alpha value is -3.99. The maximum atomic E-state index is 12.5. The highest BCUT2D eigenvalue weighted by Gasteiger charge is 2.29. The van der Waals surface area contributed by atoms with Crippen LogP contribution >= 0.6 is 0 Å². The van der Waals surface area contributed by atoms with E-state index in [4.69, 9.17) is 0 Å². The zero-order valence-corrected chi connectivity index (χ0v) is 14.8. The van der Waals surface area contributed by atoms with E-state index >= 15 is 0 Å². The fraction of sp³-hybridized carbons (Fsp3) is 0. The second-order valence-corrected chi connectivity index (χ2v) is 6.33. The van der Waals surface area contributed by atoms with Crippen molar-refractivity contribution in [3.05, 3.63) is 101 Å². The molecule has 3 aromatic rings. The minimum atomic E-state index is -0.503. The third kappa shape index (κ3) is 3.46. The molecule has 0 saturated carbocycles. The van der Waals surface area contributed by atoms with Gasteiger partial charge in [-0.3, -0.25) is 19.7 Å². The molecule has 0 bridgehead atoms. The lowest BCUT2D eigenvalue weighted by atomic mass is 10.1. The van der Waals surface area contributed by atoms with Gasteiger partial charge in [0, 0.05) is 5.56 Å². The first-order valence-corrected chi connectivity index (χ1v) is 8.75. The van der Waals surface area contributed by atoms with Gasteiger partial charge in [-0.1, -0.05) is 60.7 Å². The molecule has 136 valence electrons. The number of carbonyl (C=O) groups is 3. The summed E-state index contributed by atoms with van der Waals surface area (Å²) in [6, 6.07) is 21.8. The largest absolute Gasteiger partial charge is 0.321 e. The highest BCUT2D eigenvalue weighted by Crippen LogP contribution is 2.24. The summed E-state index contributed by atoms with van der Waals surface area (Å²) in [5, 5.41) is 4.95. The van der Waals surface area contributed by atoms with Crippen molar-refractivity contribution in [1.82, 2.24) is 5.32 Å². The highest BCUT2D eigenvalue weighted by atomic mass is 16.2. The minimum absolute atomic E-state index is 0.197. The smallest absolute Gasteiger partial charge is 0.261 e. The molecule has 5 nitrogen and oxygen atoms in total. The molecule has 0 atom stereocenters. The van der Waals surface area contributed by atoms with Crippen LogP contribution in [-0.2, 0) is 0 Å². The maximum Gasteiger partial charge on any atom is 0.261 e. The summed E-state index contributed by atoms with van der Waals surface area (Å²) >= 11 is 0. The van der Waals surface area contributed by atoms with E-state index in [0.717, 1.165) is 11.1 Å². The van der Waals surface area contributed by atoms with Crippen LogP contribution in [-0.4, -0.2) is 17.7 Å². The summed E-state index contributed by atoms with van der Waals surface area (Å²) < 4.78 is 0. The number of fused-ring (bicyclic) bond motifs is 1. The molecule has 2 N–H and O–H groups in total. The molecule has 5 heteroatoms. The quantitative estimate of drug-likeness (QED) is 0.540. The van der Waals surface area contributed by atoms with Crippen molar-refractivity contribution >= 4 is 35.6 Å². The summed E-state index contributed by atoms with van der Waals surface area (Å²) in [4.78, 5) is 36.2. The molecular formula is C23H16N2O3. The number of benzene rings is 3. The van der Waals surface area contributed by atoms with E-state index in [9.17, 15) is 14.4 Å². The van der Waals surface area contributed by atoms with Gasteiger partial charge in [0.05, 0.1) is 16.8 Å². The lowest BCUT2D eigenvalue weighted by Gasteiger charge is -2.08. The van der Waals surface area contributed by atoms with Crippen LogP contribution in [0, 0.1) is 0 Å². The zero-order chi connectivity index (χ0) is 19.5. The number of rotatable bonds is 4. The second kappa shape index (κ2) is 7.32. The van der Waals surface area contributed by atoms with Crippen LogP contribution < -0.4 is 10.6 Å². The monoisotopic (exact) mass is 368 g/mol. The molecular weight excluding hydrogens is 352 g/mol. The van der Waals surface area contributed by atoms with E-state index in [0.29, 0.717) is 11.3 Å². The van der Waals surface area contributed by atoms with Gasteiger partial charge in [-0.2, -0.15) is 0 Å². The zero-order valence-electron chi connectivity index (χ0n) is 14.8. The molecule has 1 aliphatic heterocycles. The van der Waals surface area contributed by atoms with Crippen molar-refractivity contribution in [2.45, 2.75) is 0 Å². The van der Waals surface area contributed by atoms with Gasteiger partial charge >= 0.3 is 0 Å². The van der Waals surface area contributed by atoms with E-state index in [-0.39, 0.29) is 17.0 Å². The Morgan fingerprint density at radius 1 is 0.750 bits per heavy atom. The van der Waals surface area contributed by atoms with Crippen molar-refractivity contribution in [2.24, 2.45) is 0 Å². The first kappa shape index (κ1) is 17.4. The van der Waals surface area contributed by atoms with Crippen LogP contribution in [0.2, 0.25) is 0 Å². The molecule has 0 aromatic heterocycles. The Morgan fingerprint density at radius 2 is 1.43 bits per heavy atom. The molecule has 1 heterocycles. The maximum absolute atomic E-state index is 12.5. The van der Waals surface area contributed by atoms with E-state index in [1.807, 2.05) is 54.6 Å². The van der Waals surface area contributed by atoms with Crippen LogP contribution in [0.5, 0.6) is 0 Å². The Morgan fingerprint density at radius 3 is 2.14 bits per heavy atom. The first-order valence-electron chi connectivity index (χ1n) is 8.75. The van der Waals surface area contributed by atoms with Crippen LogP contribution in [0.25, 0.3) is 12.2 Å². The van der Waals surface area contributed by atoms with E-state index in [2.05, 4.69) is 10.6 Å². The molecule has 1 aliphatic rings. The highest BCUT2D eigenvalue weighted by molar-refractivity contribution is 6.25. The molecule has 3 aromatic carbocycles. The number of hydrogen-bond donors (Lipinski definition) is 2. The second-order valence-electron chi connectivity index (χ2n) is 6.33. The van der Waals surface area contributed by atoms with E-state index < -0.39 is 11.8 Å². The number of hydrogen-bond acceptors (Lipinski definition) is 3. The van der Waals surface area contributed by atoms with Gasteiger partial charge in [-0.25, -0.2) is 0 Å². The third-order valence-electron chi connectivity index (χ3n) is 4.45. The summed E-state index contributed by atoms with van der Waals surface area (Å²) in [5.41, 5.74) is 3.30. The molecule has 0 spiro atoms. The fourth-order valence-electron chi connectivity index (χ4n) is 3.02. The molecule has 28 heavy (non-hydrogen) atoms. The van der Waals surface area contributed by atoms with Gasteiger partial charge in [0.15, 0.2) is 0 Å². The SMILES string of the molecule is O=C(Nc1cccc2c1C(=O)NC2=O)c1ccc(/C=C/c2ccccc2)cc1. The van der Waals surface area contributed by atoms with Crippen LogP contribution in [0.3, 0.4) is 0 Å². The average Bonchev–Trinajstić information content (AvgIpc) is 3.02. The Labute approximate surface area is 161 Å². The van der Waals surface area contributed by atoms with Crippen molar-refractivity contribution in [2.75, 3.05) is 5.32 Å². The molecule has 0 radical (unpaired) electrons. The van der Waals surface area contributed by atoms with Crippen molar-refractivity contribution in [3.63, 3.8) is 0 Å². The Bertz CT molecular complexity index is 1100. The summed E-state index contributed by atoms with van der Waals surface area (Å²) in [7, 11) is 0. The average molecular weight is 368 g/mol. The number of amides is 3. The molecule has 3 amide bonds. The van der Waals surface area contributed by atoms with Gasteiger partial charge in [0.2, 0.25) is 0 Å². The predicted octanol–water partition coefficient (Wildman–Crippen LogP) is 3.99. The third-order valence-corrected chi connectivity index (χ3v) is 4.45. The molecule has 0 fully saturated rings. The molecule has 4 rings (SSSR count). The molecule has 0 saturated heterocycles. The topological polar surface area (TPSA) is 75.3 Å². The van der Waals surface area contributed by atoms with Crippen LogP contribution in [0.4, 0.5) is 5.69 Å². The summed E-state index contributed by atoms with van der Waals surface area (Å²) in [6.45, 7) is 0. The van der Waals surface area contributed by atoms with Crippen LogP contribution in [0.15, 0.2) is 72.8 Å². The van der Waals surface area contributed by atoms with Crippen molar-refractivity contribution in [3.8, 4) is 0 Å². The standard InChI is InChI=1S/C23H16N2O3/c26-21(24-19-8-4-7-18-20(19)23(28)25-22(18)27)17-13-11-16(12-14-17)10-9-15-5-2-1-3-6-15/h1-14H,(H,24,26)(H,25,27,28)/b10-9+. The summed E-state index contributed by atoms with van der Waals surface area (Å²) in [6.07, 6.45) is 3.97. The normalized spacial score (nSPS) is 12.7. The predicted molar refractivity (Wildman–Crippen MR) is 108 cm³/mol. The first-order chi connectivity index (χ1) is 13.6. The lowest BCUT2D eigenvalue weighted by Crippen LogP contribution is -2.20. The molecule has 0 aliphatic carbocycles. The van der Waals surface area contributed by atoms with E-state index in [1.54, 1.807) is 30.3 Å². The number of anilines is 1. The van der Waals surface area contributed by atoms with E-state index in [1.165, 1.54) is 0 Å². The Balaban J connectivity index is 1.50. The van der Waals surface area contributed by atoms with Crippen LogP contribution in [0.1, 0.15) is 42.2 Å². The number of nitrogens with one attached hydrogen (secondary N) is 2. The number of imide groups is 1. The van der Waals surface area contributed by atoms with Gasteiger partial charge in [0.25, 0.3) is 17.7 Å². The molecule has 0 unspecified atom stereocenters. The van der Waals surface area contributed by atoms with Crippen molar-refractivity contribution in [1.29, 1.82) is 0 Å². The Kier molecular flexibility index (Phi) is 4.56. The van der Waals surface area contributed by atoms with Gasteiger partial charge in [-0.15, -0.1) is 0 Å². The summed E-state index contributed by atoms with van der Waals surface area (Å²) in [5.74, 6) is -1.30. The number of carbonyl (C=O) groups excluding carboxylic acids is 3. The minimum Gasteiger partial charge on any atom is -0.321 e. The van der Waals surface area contributed by atoms with Crippen molar-refractivity contribution < 1.29 is 14.4 Å². The van der Waals surface area contributed by atoms with Gasteiger partial charge in [-0.05, 0) is 35.4 Å². The van der Waals surface area contributed by atoms with Gasteiger partial charge < -0.3 is 5.32 Å². The van der Waals surface area contributed by atoms with Gasteiger partial charge in [0.1, 0.15) is 0 Å². The lowest BCUT2D eigenvalue weighted by molar-refractivity contribution is 0.0879. The fourth-order valence-corrected chi connectivity index (χ4v) is 3.02.